The molecule has 3 rings (SSSR count). The number of ether oxygens (including phenoxy) is 1. The quantitative estimate of drug-likeness (QED) is 0.873. The number of nitrogens with one attached hydrogen (secondary N) is 1. The number of likely N-dealkylation sites (tertiary alicyclic amines) is 1. The highest BCUT2D eigenvalue weighted by Crippen LogP contribution is 2.26. The largest absolute Gasteiger partial charge is 0.483 e. The number of aryl methyl sites for hydroxylation is 1. The van der Waals surface area contributed by atoms with Crippen LogP contribution in [0.15, 0.2) is 18.2 Å². The van der Waals surface area contributed by atoms with Crippen LogP contribution in [0, 0.1) is 6.92 Å². The van der Waals surface area contributed by atoms with Gasteiger partial charge < -0.3 is 15.0 Å². The second-order valence-corrected chi connectivity index (χ2v) is 6.09. The number of amides is 1. The van der Waals surface area contributed by atoms with Gasteiger partial charge in [-0.05, 0) is 38.2 Å². The number of para-hydroxylation sites is 1. The van der Waals surface area contributed by atoms with Crippen molar-refractivity contribution in [3.63, 3.8) is 0 Å². The molecule has 1 saturated heterocycles. The highest BCUT2D eigenvalue weighted by atomic mass is 16.5. The van der Waals surface area contributed by atoms with Gasteiger partial charge in [-0.25, -0.2) is 0 Å². The van der Waals surface area contributed by atoms with Crippen LogP contribution in [0.4, 0.5) is 0 Å². The Morgan fingerprint density at radius 2 is 2.10 bits per heavy atom. The van der Waals surface area contributed by atoms with E-state index in [1.165, 1.54) is 12.8 Å². The van der Waals surface area contributed by atoms with Crippen LogP contribution >= 0.6 is 0 Å². The summed E-state index contributed by atoms with van der Waals surface area (Å²) in [5, 5.41) is 3.51. The normalized spacial score (nSPS) is 18.0. The fourth-order valence-electron chi connectivity index (χ4n) is 2.79. The van der Waals surface area contributed by atoms with E-state index in [-0.39, 0.29) is 12.5 Å². The molecule has 0 unspecified atom stereocenters. The van der Waals surface area contributed by atoms with Crippen LogP contribution in [0.3, 0.4) is 0 Å². The lowest BCUT2D eigenvalue weighted by Crippen LogP contribution is -2.32. The molecule has 1 aromatic rings. The maximum Gasteiger partial charge on any atom is 0.260 e. The monoisotopic (exact) mass is 288 g/mol. The Kier molecular flexibility index (Phi) is 4.44. The van der Waals surface area contributed by atoms with E-state index in [4.69, 9.17) is 4.74 Å². The maximum atomic E-state index is 12.1. The van der Waals surface area contributed by atoms with E-state index in [9.17, 15) is 4.79 Å². The predicted octanol–water partition coefficient (Wildman–Crippen LogP) is 2.25. The van der Waals surface area contributed by atoms with Crippen LogP contribution in [-0.2, 0) is 11.3 Å². The molecule has 1 saturated carbocycles. The maximum absolute atomic E-state index is 12.1. The van der Waals surface area contributed by atoms with Crippen molar-refractivity contribution in [3.05, 3.63) is 29.3 Å². The summed E-state index contributed by atoms with van der Waals surface area (Å²) in [5.41, 5.74) is 2.25. The van der Waals surface area contributed by atoms with Crippen LogP contribution in [0.5, 0.6) is 5.75 Å². The number of hydrogen-bond acceptors (Lipinski definition) is 3. The standard InChI is InChI=1S/C17H24N2O2/c1-13-5-4-6-14(11-18-15-7-8-15)17(13)21-12-16(20)19-9-2-3-10-19/h4-6,15,18H,2-3,7-12H2,1H3. The first kappa shape index (κ1) is 14.4. The molecule has 4 heteroatoms. The third-order valence-electron chi connectivity index (χ3n) is 4.25. The molecule has 0 bridgehead atoms. The van der Waals surface area contributed by atoms with Gasteiger partial charge in [0, 0.05) is 31.2 Å². The summed E-state index contributed by atoms with van der Waals surface area (Å²) in [6.45, 7) is 4.77. The molecule has 1 aromatic carbocycles. The Balaban J connectivity index is 1.60. The molecule has 21 heavy (non-hydrogen) atoms. The van der Waals surface area contributed by atoms with Gasteiger partial charge in [0.1, 0.15) is 5.75 Å². The molecular weight excluding hydrogens is 264 g/mol. The average molecular weight is 288 g/mol. The van der Waals surface area contributed by atoms with Crippen molar-refractivity contribution < 1.29 is 9.53 Å². The van der Waals surface area contributed by atoms with E-state index in [1.807, 2.05) is 24.0 Å². The number of hydrogen-bond donors (Lipinski definition) is 1. The molecule has 1 heterocycles. The van der Waals surface area contributed by atoms with E-state index in [1.54, 1.807) is 0 Å². The van der Waals surface area contributed by atoms with Gasteiger partial charge in [0.25, 0.3) is 5.91 Å². The molecule has 1 amide bonds. The first-order valence-corrected chi connectivity index (χ1v) is 7.96. The molecule has 1 N–H and O–H groups in total. The Morgan fingerprint density at radius 1 is 1.33 bits per heavy atom. The molecule has 1 aliphatic carbocycles. The lowest BCUT2D eigenvalue weighted by Gasteiger charge is -2.18. The van der Waals surface area contributed by atoms with Gasteiger partial charge in [-0.3, -0.25) is 4.79 Å². The van der Waals surface area contributed by atoms with Crippen molar-refractivity contribution in [3.8, 4) is 5.75 Å². The van der Waals surface area contributed by atoms with Crippen molar-refractivity contribution in [1.29, 1.82) is 0 Å². The lowest BCUT2D eigenvalue weighted by molar-refractivity contribution is -0.132. The van der Waals surface area contributed by atoms with E-state index in [0.29, 0.717) is 6.04 Å². The number of benzene rings is 1. The molecule has 1 aliphatic heterocycles. The zero-order valence-corrected chi connectivity index (χ0v) is 12.7. The summed E-state index contributed by atoms with van der Waals surface area (Å²) >= 11 is 0. The van der Waals surface area contributed by atoms with Gasteiger partial charge in [-0.15, -0.1) is 0 Å². The van der Waals surface area contributed by atoms with Gasteiger partial charge in [-0.2, -0.15) is 0 Å². The van der Waals surface area contributed by atoms with Gasteiger partial charge in [0.2, 0.25) is 0 Å². The summed E-state index contributed by atoms with van der Waals surface area (Å²) in [7, 11) is 0. The van der Waals surface area contributed by atoms with Crippen LogP contribution < -0.4 is 10.1 Å². The second-order valence-electron chi connectivity index (χ2n) is 6.09. The van der Waals surface area contributed by atoms with Gasteiger partial charge in [0.05, 0.1) is 0 Å². The summed E-state index contributed by atoms with van der Waals surface area (Å²) < 4.78 is 5.86. The van der Waals surface area contributed by atoms with Crippen molar-refractivity contribution in [2.45, 2.75) is 45.2 Å². The molecule has 2 aliphatic rings. The summed E-state index contributed by atoms with van der Waals surface area (Å²) in [6, 6.07) is 6.84. The molecule has 0 aromatic heterocycles. The molecule has 0 radical (unpaired) electrons. The van der Waals surface area contributed by atoms with E-state index in [2.05, 4.69) is 11.4 Å². The summed E-state index contributed by atoms with van der Waals surface area (Å²) in [6.07, 6.45) is 4.78. The Hall–Kier alpha value is -1.55. The summed E-state index contributed by atoms with van der Waals surface area (Å²) in [5.74, 6) is 0.982. The SMILES string of the molecule is Cc1cccc(CNC2CC2)c1OCC(=O)N1CCCC1. The minimum absolute atomic E-state index is 0.108. The average Bonchev–Trinajstić information content (AvgIpc) is 3.15. The minimum atomic E-state index is 0.108. The highest BCUT2D eigenvalue weighted by molar-refractivity contribution is 5.78. The van der Waals surface area contributed by atoms with Gasteiger partial charge in [-0.1, -0.05) is 18.2 Å². The van der Waals surface area contributed by atoms with Crippen molar-refractivity contribution in [2.24, 2.45) is 0 Å². The summed E-state index contributed by atoms with van der Waals surface area (Å²) in [4.78, 5) is 14.0. The Labute approximate surface area is 126 Å². The van der Waals surface area contributed by atoms with Gasteiger partial charge in [0.15, 0.2) is 6.61 Å². The molecule has 114 valence electrons. The van der Waals surface area contributed by atoms with E-state index in [0.717, 1.165) is 49.4 Å². The molecule has 4 nitrogen and oxygen atoms in total. The van der Waals surface area contributed by atoms with Crippen molar-refractivity contribution in [2.75, 3.05) is 19.7 Å². The van der Waals surface area contributed by atoms with E-state index >= 15 is 0 Å². The third-order valence-corrected chi connectivity index (χ3v) is 4.25. The number of rotatable bonds is 6. The number of nitrogens with zero attached hydrogens (tertiary/aromatic N) is 1. The molecular formula is C17H24N2O2. The van der Waals surface area contributed by atoms with Crippen molar-refractivity contribution >= 4 is 5.91 Å². The van der Waals surface area contributed by atoms with E-state index < -0.39 is 0 Å². The molecule has 0 spiro atoms. The van der Waals surface area contributed by atoms with Gasteiger partial charge >= 0.3 is 0 Å². The van der Waals surface area contributed by atoms with Crippen molar-refractivity contribution in [1.82, 2.24) is 10.2 Å². The molecule has 0 atom stereocenters. The number of carbonyl (C=O) groups is 1. The fourth-order valence-corrected chi connectivity index (χ4v) is 2.79. The number of carbonyl (C=O) groups excluding carboxylic acids is 1. The first-order chi connectivity index (χ1) is 10.2. The highest BCUT2D eigenvalue weighted by Gasteiger charge is 2.22. The first-order valence-electron chi connectivity index (χ1n) is 7.96. The predicted molar refractivity (Wildman–Crippen MR) is 82.3 cm³/mol. The topological polar surface area (TPSA) is 41.6 Å². The zero-order chi connectivity index (χ0) is 14.7. The van der Waals surface area contributed by atoms with Crippen LogP contribution in [0.25, 0.3) is 0 Å². The minimum Gasteiger partial charge on any atom is -0.483 e. The zero-order valence-electron chi connectivity index (χ0n) is 12.7. The lowest BCUT2D eigenvalue weighted by atomic mass is 10.1. The third kappa shape index (κ3) is 3.76. The Morgan fingerprint density at radius 3 is 2.81 bits per heavy atom. The van der Waals surface area contributed by atoms with Crippen LogP contribution in [0.1, 0.15) is 36.8 Å². The fraction of sp³-hybridized carbons (Fsp3) is 0.588. The smallest absolute Gasteiger partial charge is 0.260 e. The second kappa shape index (κ2) is 6.48. The van der Waals surface area contributed by atoms with Crippen LogP contribution in [0.2, 0.25) is 0 Å². The van der Waals surface area contributed by atoms with Crippen LogP contribution in [-0.4, -0.2) is 36.5 Å². The Bertz CT molecular complexity index is 506. The molecule has 2 fully saturated rings.